The van der Waals surface area contributed by atoms with Gasteiger partial charge in [-0.1, -0.05) is 25.0 Å². The van der Waals surface area contributed by atoms with Gasteiger partial charge in [0.2, 0.25) is 11.8 Å². The van der Waals surface area contributed by atoms with Crippen molar-refractivity contribution in [3.8, 4) is 0 Å². The third kappa shape index (κ3) is 6.05. The summed E-state index contributed by atoms with van der Waals surface area (Å²) in [7, 11) is 0. The normalized spacial score (nSPS) is 19.4. The number of hydrogen-bond donors (Lipinski definition) is 1. The highest BCUT2D eigenvalue weighted by Crippen LogP contribution is 2.33. The Balaban J connectivity index is 1.89. The molecular formula is C27H38FN3O3. The minimum atomic E-state index is -0.606. The van der Waals surface area contributed by atoms with Gasteiger partial charge in [-0.15, -0.1) is 0 Å². The maximum atomic E-state index is 13.6. The standard InChI is InChI=1S/C27H38FN3O3/c1-17(2)31(18(3)4)27(34)24-14-21(15-25(32)29-23-8-6-7-9-23)26(33)30(19(24)5)16-20-10-12-22(28)13-11-20/h10-13,17-18,21,23H,6-9,14-16H2,1-5H3,(H,29,32). The monoisotopic (exact) mass is 471 g/mol. The number of rotatable bonds is 8. The second-order valence-electron chi connectivity index (χ2n) is 10.2. The second-order valence-corrected chi connectivity index (χ2v) is 10.2. The van der Waals surface area contributed by atoms with Crippen molar-refractivity contribution in [1.29, 1.82) is 0 Å². The summed E-state index contributed by atoms with van der Waals surface area (Å²) in [5.74, 6) is -1.35. The molecule has 1 aromatic rings. The molecule has 7 heteroatoms. The minimum absolute atomic E-state index is 0.0000850. The number of halogens is 1. The van der Waals surface area contributed by atoms with Crippen molar-refractivity contribution >= 4 is 17.7 Å². The number of carbonyl (C=O) groups is 3. The van der Waals surface area contributed by atoms with Gasteiger partial charge in [-0.05, 0) is 71.6 Å². The summed E-state index contributed by atoms with van der Waals surface area (Å²) >= 11 is 0. The van der Waals surface area contributed by atoms with E-state index < -0.39 is 5.92 Å². The zero-order chi connectivity index (χ0) is 25.0. The van der Waals surface area contributed by atoms with Crippen LogP contribution in [0.4, 0.5) is 4.39 Å². The Morgan fingerprint density at radius 3 is 2.24 bits per heavy atom. The van der Waals surface area contributed by atoms with Gasteiger partial charge >= 0.3 is 0 Å². The Morgan fingerprint density at radius 2 is 1.68 bits per heavy atom. The maximum absolute atomic E-state index is 13.6. The molecule has 1 aliphatic carbocycles. The summed E-state index contributed by atoms with van der Waals surface area (Å²) in [6.45, 7) is 9.93. The molecular weight excluding hydrogens is 433 g/mol. The molecule has 0 bridgehead atoms. The van der Waals surface area contributed by atoms with Crippen LogP contribution in [-0.2, 0) is 20.9 Å². The molecule has 1 atom stereocenters. The Kier molecular flexibility index (Phi) is 8.50. The molecule has 0 spiro atoms. The van der Waals surface area contributed by atoms with E-state index in [4.69, 9.17) is 0 Å². The van der Waals surface area contributed by atoms with E-state index in [-0.39, 0.29) is 61.1 Å². The molecule has 1 aliphatic heterocycles. The smallest absolute Gasteiger partial charge is 0.252 e. The first-order valence-corrected chi connectivity index (χ1v) is 12.5. The molecule has 1 heterocycles. The predicted molar refractivity (Wildman–Crippen MR) is 130 cm³/mol. The van der Waals surface area contributed by atoms with Crippen LogP contribution in [0.3, 0.4) is 0 Å². The van der Waals surface area contributed by atoms with Crippen LogP contribution >= 0.6 is 0 Å². The van der Waals surface area contributed by atoms with E-state index in [1.807, 2.05) is 32.6 Å². The summed E-state index contributed by atoms with van der Waals surface area (Å²) < 4.78 is 13.4. The van der Waals surface area contributed by atoms with Crippen LogP contribution in [0.1, 0.15) is 78.7 Å². The molecule has 3 amide bonds. The van der Waals surface area contributed by atoms with Crippen LogP contribution in [0.5, 0.6) is 0 Å². The quantitative estimate of drug-likeness (QED) is 0.605. The Hall–Kier alpha value is -2.70. The highest BCUT2D eigenvalue weighted by Gasteiger charge is 2.38. The average Bonchev–Trinajstić information content (AvgIpc) is 3.26. The summed E-state index contributed by atoms with van der Waals surface area (Å²) in [6.07, 6.45) is 4.47. The first-order chi connectivity index (χ1) is 16.1. The van der Waals surface area contributed by atoms with Crippen molar-refractivity contribution in [3.05, 3.63) is 46.9 Å². The largest absolute Gasteiger partial charge is 0.353 e. The molecule has 0 aromatic heterocycles. The van der Waals surface area contributed by atoms with Crippen molar-refractivity contribution in [2.24, 2.45) is 5.92 Å². The summed E-state index contributed by atoms with van der Waals surface area (Å²) in [5, 5.41) is 3.07. The fraction of sp³-hybridized carbons (Fsp3) is 0.593. The van der Waals surface area contributed by atoms with E-state index in [1.165, 1.54) is 12.1 Å². The lowest BCUT2D eigenvalue weighted by Crippen LogP contribution is -2.47. The van der Waals surface area contributed by atoms with Gasteiger partial charge in [0.25, 0.3) is 5.91 Å². The first kappa shape index (κ1) is 25.9. The minimum Gasteiger partial charge on any atom is -0.353 e. The van der Waals surface area contributed by atoms with E-state index in [9.17, 15) is 18.8 Å². The number of carbonyl (C=O) groups excluding carboxylic acids is 3. The zero-order valence-electron chi connectivity index (χ0n) is 21.1. The fourth-order valence-electron chi connectivity index (χ4n) is 5.20. The first-order valence-electron chi connectivity index (χ1n) is 12.5. The Labute approximate surface area is 202 Å². The van der Waals surface area contributed by atoms with Crippen LogP contribution in [-0.4, -0.2) is 45.6 Å². The predicted octanol–water partition coefficient (Wildman–Crippen LogP) is 4.54. The molecule has 2 aliphatic rings. The highest BCUT2D eigenvalue weighted by molar-refractivity contribution is 5.99. The average molecular weight is 472 g/mol. The number of amides is 3. The van der Waals surface area contributed by atoms with E-state index in [1.54, 1.807) is 24.0 Å². The summed E-state index contributed by atoms with van der Waals surface area (Å²) in [6, 6.07) is 6.18. The van der Waals surface area contributed by atoms with Gasteiger partial charge in [0, 0.05) is 35.8 Å². The zero-order valence-corrected chi connectivity index (χ0v) is 21.1. The van der Waals surface area contributed by atoms with Gasteiger partial charge in [-0.2, -0.15) is 0 Å². The van der Waals surface area contributed by atoms with E-state index in [0.717, 1.165) is 31.2 Å². The van der Waals surface area contributed by atoms with Gasteiger partial charge < -0.3 is 15.1 Å². The summed E-state index contributed by atoms with van der Waals surface area (Å²) in [4.78, 5) is 43.3. The summed E-state index contributed by atoms with van der Waals surface area (Å²) in [5.41, 5.74) is 1.95. The number of allylic oxidation sites excluding steroid dienone is 1. The number of hydrogen-bond acceptors (Lipinski definition) is 3. The van der Waals surface area contributed by atoms with Gasteiger partial charge in [-0.3, -0.25) is 14.4 Å². The van der Waals surface area contributed by atoms with Crippen molar-refractivity contribution in [2.45, 2.75) is 97.8 Å². The lowest BCUT2D eigenvalue weighted by Gasteiger charge is -2.38. The number of nitrogens with one attached hydrogen (secondary N) is 1. The third-order valence-electron chi connectivity index (χ3n) is 6.92. The van der Waals surface area contributed by atoms with Crippen LogP contribution in [0.25, 0.3) is 0 Å². The molecule has 1 unspecified atom stereocenters. The Bertz CT molecular complexity index is 925. The Morgan fingerprint density at radius 1 is 1.09 bits per heavy atom. The molecule has 1 fully saturated rings. The number of benzene rings is 1. The molecule has 186 valence electrons. The van der Waals surface area contributed by atoms with Crippen LogP contribution < -0.4 is 5.32 Å². The van der Waals surface area contributed by atoms with E-state index >= 15 is 0 Å². The second kappa shape index (κ2) is 11.2. The molecule has 6 nitrogen and oxygen atoms in total. The van der Waals surface area contributed by atoms with Crippen molar-refractivity contribution < 1.29 is 18.8 Å². The molecule has 34 heavy (non-hydrogen) atoms. The van der Waals surface area contributed by atoms with E-state index in [2.05, 4.69) is 5.32 Å². The lowest BCUT2D eigenvalue weighted by atomic mass is 9.87. The third-order valence-corrected chi connectivity index (χ3v) is 6.92. The topological polar surface area (TPSA) is 69.7 Å². The molecule has 0 radical (unpaired) electrons. The van der Waals surface area contributed by atoms with Crippen LogP contribution in [0.15, 0.2) is 35.5 Å². The van der Waals surface area contributed by atoms with Crippen molar-refractivity contribution in [3.63, 3.8) is 0 Å². The fourth-order valence-corrected chi connectivity index (χ4v) is 5.20. The number of nitrogens with zero attached hydrogens (tertiary/aromatic N) is 2. The highest BCUT2D eigenvalue weighted by atomic mass is 19.1. The molecule has 3 rings (SSSR count). The van der Waals surface area contributed by atoms with Gasteiger partial charge in [0.15, 0.2) is 0 Å². The molecule has 1 aromatic carbocycles. The molecule has 1 N–H and O–H groups in total. The van der Waals surface area contributed by atoms with Gasteiger partial charge in [0.05, 0.1) is 12.5 Å². The van der Waals surface area contributed by atoms with Crippen LogP contribution in [0.2, 0.25) is 0 Å². The van der Waals surface area contributed by atoms with Gasteiger partial charge in [0.1, 0.15) is 5.82 Å². The van der Waals surface area contributed by atoms with Crippen molar-refractivity contribution in [2.75, 3.05) is 0 Å². The van der Waals surface area contributed by atoms with Crippen LogP contribution in [0, 0.1) is 11.7 Å². The van der Waals surface area contributed by atoms with E-state index in [0.29, 0.717) is 11.3 Å². The molecule has 0 saturated heterocycles. The van der Waals surface area contributed by atoms with Gasteiger partial charge in [-0.25, -0.2) is 4.39 Å². The lowest BCUT2D eigenvalue weighted by molar-refractivity contribution is -0.139. The maximum Gasteiger partial charge on any atom is 0.252 e. The van der Waals surface area contributed by atoms with Crippen molar-refractivity contribution in [1.82, 2.24) is 15.1 Å². The molecule has 1 saturated carbocycles. The SMILES string of the molecule is CC1=C(C(=O)N(C(C)C)C(C)C)CC(CC(=O)NC2CCCC2)C(=O)N1Cc1ccc(F)cc1.